The maximum absolute atomic E-state index is 13.1. The maximum Gasteiger partial charge on any atom is 0.194 e. The fraction of sp³-hybridized carbons (Fsp3) is 0. The van der Waals surface area contributed by atoms with Crippen LogP contribution in [-0.4, -0.2) is 5.78 Å². The summed E-state index contributed by atoms with van der Waals surface area (Å²) >= 11 is 8.16. The van der Waals surface area contributed by atoms with E-state index in [-0.39, 0.29) is 5.78 Å². The zero-order valence-electron chi connectivity index (χ0n) is 13.3. The zero-order chi connectivity index (χ0) is 17.8. The number of fused-ring (bicyclic) bond motifs is 3. The summed E-state index contributed by atoms with van der Waals surface area (Å²) in [4.78, 5) is 15.5. The molecule has 1 aliphatic rings. The molecule has 0 spiro atoms. The predicted molar refractivity (Wildman–Crippen MR) is 127 cm³/mol. The van der Waals surface area contributed by atoms with Gasteiger partial charge in [0.15, 0.2) is 5.78 Å². The highest BCUT2D eigenvalue weighted by Crippen LogP contribution is 2.42. The van der Waals surface area contributed by atoms with Crippen molar-refractivity contribution < 1.29 is 4.79 Å². The van der Waals surface area contributed by atoms with Gasteiger partial charge in [0.25, 0.3) is 0 Å². The summed E-state index contributed by atoms with van der Waals surface area (Å²) < 4.78 is 2.51. The Labute approximate surface area is 186 Å². The minimum absolute atomic E-state index is 0.135. The lowest BCUT2D eigenvalue weighted by atomic mass is 10.0. The van der Waals surface area contributed by atoms with Gasteiger partial charge in [0.05, 0.1) is 5.77 Å². The molecule has 0 saturated carbocycles. The van der Waals surface area contributed by atoms with Gasteiger partial charge in [0, 0.05) is 20.9 Å². The highest BCUT2D eigenvalue weighted by atomic mass is 127. The summed E-state index contributed by atoms with van der Waals surface area (Å²) in [5.41, 5.74) is 5.97. The number of halogens is 2. The van der Waals surface area contributed by atoms with Gasteiger partial charge in [-0.25, -0.2) is 0 Å². The van der Waals surface area contributed by atoms with Gasteiger partial charge in [-0.1, -0.05) is 24.3 Å². The number of hydrogen-bond donors (Lipinski definition) is 0. The molecule has 5 rings (SSSR count). The molecule has 0 unspecified atom stereocenters. The van der Waals surface area contributed by atoms with E-state index in [4.69, 9.17) is 0 Å². The van der Waals surface area contributed by atoms with Crippen LogP contribution in [0.4, 0.5) is 0 Å². The lowest BCUT2D eigenvalue weighted by molar-refractivity contribution is 0.104. The molecule has 0 atom stereocenters. The van der Waals surface area contributed by atoms with E-state index in [9.17, 15) is 4.79 Å². The standard InChI is InChI=1S/C21H10I2OS2/c22-19-7-5-17(25-19)11-1-3-13-14-4-2-12(18-6-8-20(23)26-18)10-16(14)21(24)15(13)9-11/h1-10H. The van der Waals surface area contributed by atoms with Crippen molar-refractivity contribution in [3.8, 4) is 32.0 Å². The van der Waals surface area contributed by atoms with E-state index >= 15 is 0 Å². The fourth-order valence-electron chi connectivity index (χ4n) is 3.32. The minimum atomic E-state index is 0.135. The van der Waals surface area contributed by atoms with Crippen LogP contribution < -0.4 is 0 Å². The lowest BCUT2D eigenvalue weighted by Crippen LogP contribution is -1.95. The van der Waals surface area contributed by atoms with Crippen LogP contribution in [0.1, 0.15) is 15.9 Å². The van der Waals surface area contributed by atoms with Crippen LogP contribution in [0.5, 0.6) is 0 Å². The minimum Gasteiger partial charge on any atom is -0.289 e. The van der Waals surface area contributed by atoms with Gasteiger partial charge in [-0.15, -0.1) is 22.7 Å². The first-order valence-electron chi connectivity index (χ1n) is 7.95. The molecule has 0 radical (unpaired) electrons. The van der Waals surface area contributed by atoms with Crippen LogP contribution in [0.2, 0.25) is 0 Å². The highest BCUT2D eigenvalue weighted by molar-refractivity contribution is 14.1. The monoisotopic (exact) mass is 596 g/mol. The number of benzene rings is 2. The van der Waals surface area contributed by atoms with Crippen LogP contribution in [0.3, 0.4) is 0 Å². The van der Waals surface area contributed by atoms with Gasteiger partial charge in [-0.3, -0.25) is 4.79 Å². The largest absolute Gasteiger partial charge is 0.289 e. The summed E-state index contributed by atoms with van der Waals surface area (Å²) in [5, 5.41) is 0. The smallest absolute Gasteiger partial charge is 0.194 e. The van der Waals surface area contributed by atoms with E-state index in [1.807, 2.05) is 12.1 Å². The molecule has 0 saturated heterocycles. The molecule has 0 bridgehead atoms. The molecule has 5 heteroatoms. The molecule has 2 heterocycles. The zero-order valence-corrected chi connectivity index (χ0v) is 19.2. The Kier molecular flexibility index (Phi) is 4.30. The number of carbonyl (C=O) groups excluding carboxylic acids is 1. The second kappa shape index (κ2) is 6.54. The third kappa shape index (κ3) is 2.80. The van der Waals surface area contributed by atoms with E-state index < -0.39 is 0 Å². The molecule has 1 nitrogen and oxygen atoms in total. The molecule has 26 heavy (non-hydrogen) atoms. The first-order valence-corrected chi connectivity index (χ1v) is 11.7. The molecular formula is C21H10I2OS2. The molecule has 2 aromatic carbocycles. The summed E-state index contributed by atoms with van der Waals surface area (Å²) in [7, 11) is 0. The Hall–Kier alpha value is -1.03. The molecule has 0 fully saturated rings. The highest BCUT2D eigenvalue weighted by Gasteiger charge is 2.27. The SMILES string of the molecule is O=C1c2cc(-c3ccc(I)s3)ccc2-c2ccc(-c3ccc(I)s3)cc21. The number of hydrogen-bond acceptors (Lipinski definition) is 3. The van der Waals surface area contributed by atoms with Gasteiger partial charge in [0.2, 0.25) is 0 Å². The first kappa shape index (κ1) is 17.1. The van der Waals surface area contributed by atoms with Crippen LogP contribution >= 0.6 is 67.9 Å². The van der Waals surface area contributed by atoms with Crippen molar-refractivity contribution in [1.82, 2.24) is 0 Å². The Morgan fingerprint density at radius 3 is 1.42 bits per heavy atom. The summed E-state index contributed by atoms with van der Waals surface area (Å²) in [5.74, 6) is 0.135. The van der Waals surface area contributed by atoms with Crippen LogP contribution in [0, 0.1) is 5.77 Å². The van der Waals surface area contributed by atoms with E-state index in [1.165, 1.54) is 15.5 Å². The molecule has 0 amide bonds. The molecule has 2 aromatic heterocycles. The Bertz CT molecular complexity index is 1090. The van der Waals surface area contributed by atoms with E-state index in [0.29, 0.717) is 0 Å². The van der Waals surface area contributed by atoms with Crippen molar-refractivity contribution in [1.29, 1.82) is 0 Å². The van der Waals surface area contributed by atoms with Crippen LogP contribution in [0.15, 0.2) is 60.7 Å². The van der Waals surface area contributed by atoms with Crippen molar-refractivity contribution in [3.05, 3.63) is 77.6 Å². The Balaban J connectivity index is 1.60. The first-order chi connectivity index (χ1) is 12.6. The predicted octanol–water partition coefficient (Wildman–Crippen LogP) is 7.56. The number of carbonyl (C=O) groups is 1. The molecular weight excluding hydrogens is 586 g/mol. The molecule has 4 aromatic rings. The average molecular weight is 596 g/mol. The van der Waals surface area contributed by atoms with Gasteiger partial charge in [0.1, 0.15) is 0 Å². The van der Waals surface area contributed by atoms with Crippen molar-refractivity contribution in [3.63, 3.8) is 0 Å². The molecule has 0 N–H and O–H groups in total. The lowest BCUT2D eigenvalue weighted by Gasteiger charge is -2.03. The van der Waals surface area contributed by atoms with Crippen LogP contribution in [-0.2, 0) is 0 Å². The van der Waals surface area contributed by atoms with Crippen molar-refractivity contribution in [2.75, 3.05) is 0 Å². The summed E-state index contributed by atoms with van der Waals surface area (Å²) in [6.07, 6.45) is 0. The topological polar surface area (TPSA) is 17.1 Å². The van der Waals surface area contributed by atoms with Crippen molar-refractivity contribution in [2.24, 2.45) is 0 Å². The second-order valence-corrected chi connectivity index (χ2v) is 12.0. The fourth-order valence-corrected chi connectivity index (χ4v) is 6.56. The number of thiophene rings is 2. The van der Waals surface area contributed by atoms with Gasteiger partial charge < -0.3 is 0 Å². The Morgan fingerprint density at radius 1 is 0.577 bits per heavy atom. The van der Waals surface area contributed by atoms with E-state index in [1.54, 1.807) is 22.7 Å². The molecule has 126 valence electrons. The van der Waals surface area contributed by atoms with E-state index in [0.717, 1.165) is 33.4 Å². The molecule has 1 aliphatic carbocycles. The van der Waals surface area contributed by atoms with Crippen molar-refractivity contribution >= 4 is 73.6 Å². The number of ketones is 1. The summed E-state index contributed by atoms with van der Waals surface area (Å²) in [6, 6.07) is 21.0. The second-order valence-electron chi connectivity index (χ2n) is 6.06. The van der Waals surface area contributed by atoms with Gasteiger partial charge in [-0.2, -0.15) is 0 Å². The third-order valence-corrected chi connectivity index (χ3v) is 8.42. The molecule has 0 aliphatic heterocycles. The van der Waals surface area contributed by atoms with Gasteiger partial charge in [-0.05, 0) is 104 Å². The average Bonchev–Trinajstić information content (AvgIpc) is 3.34. The Morgan fingerprint density at radius 2 is 1.04 bits per heavy atom. The summed E-state index contributed by atoms with van der Waals surface area (Å²) in [6.45, 7) is 0. The van der Waals surface area contributed by atoms with E-state index in [2.05, 4.69) is 93.7 Å². The van der Waals surface area contributed by atoms with Crippen molar-refractivity contribution in [2.45, 2.75) is 0 Å². The van der Waals surface area contributed by atoms with Gasteiger partial charge >= 0.3 is 0 Å². The number of rotatable bonds is 2. The third-order valence-electron chi connectivity index (χ3n) is 4.53. The normalized spacial score (nSPS) is 12.3. The quantitative estimate of drug-likeness (QED) is 0.192. The maximum atomic E-state index is 13.1. The van der Waals surface area contributed by atoms with Crippen LogP contribution in [0.25, 0.3) is 32.0 Å².